The van der Waals surface area contributed by atoms with Crippen LogP contribution in [0.25, 0.3) is 0 Å². The standard InChI is InChI=1S/C32H41N5O7/c1-7-25-34-24(18-37(25)26(28(39)40)22-16-12-9-13-17-22)35-27(38)23(20-43-19-21-14-10-8-11-15-21)33-29(41)32(5,6)36-30(42)44-31(2,3)4/h8-18,23,26H,7,19-20H2,1-6H3,(H,33,41)(H,35,38)(H,36,42)(H,39,40)/t23-,26?/m1/s1. The van der Waals surface area contributed by atoms with Gasteiger partial charge in [-0.3, -0.25) is 9.59 Å². The number of imidazole rings is 1. The minimum Gasteiger partial charge on any atom is -0.479 e. The van der Waals surface area contributed by atoms with E-state index < -0.39 is 47.1 Å². The molecule has 4 N–H and O–H groups in total. The van der Waals surface area contributed by atoms with Gasteiger partial charge in [-0.1, -0.05) is 67.6 Å². The van der Waals surface area contributed by atoms with E-state index in [1.807, 2.05) is 37.3 Å². The molecule has 0 radical (unpaired) electrons. The number of carboxylic acids is 1. The molecule has 0 saturated heterocycles. The van der Waals surface area contributed by atoms with Crippen molar-refractivity contribution in [3.05, 3.63) is 83.8 Å². The molecule has 236 valence electrons. The lowest BCUT2D eigenvalue weighted by molar-refractivity contribution is -0.139. The third-order valence-electron chi connectivity index (χ3n) is 6.40. The van der Waals surface area contributed by atoms with Gasteiger partial charge in [0.1, 0.15) is 23.0 Å². The van der Waals surface area contributed by atoms with Gasteiger partial charge in [0.2, 0.25) is 5.91 Å². The number of benzene rings is 2. The molecule has 3 aromatic rings. The van der Waals surface area contributed by atoms with Crippen LogP contribution in [0.4, 0.5) is 10.6 Å². The Kier molecular flexibility index (Phi) is 11.2. The van der Waals surface area contributed by atoms with Crippen LogP contribution in [-0.4, -0.2) is 62.3 Å². The minimum atomic E-state index is -1.44. The van der Waals surface area contributed by atoms with Crippen molar-refractivity contribution in [1.29, 1.82) is 0 Å². The molecule has 0 aliphatic rings. The van der Waals surface area contributed by atoms with Crippen LogP contribution in [0.2, 0.25) is 0 Å². The molecule has 12 heteroatoms. The molecule has 0 aliphatic carbocycles. The zero-order valence-corrected chi connectivity index (χ0v) is 25.9. The van der Waals surface area contributed by atoms with Gasteiger partial charge in [0.25, 0.3) is 5.91 Å². The molecule has 0 aliphatic heterocycles. The molecule has 12 nitrogen and oxygen atoms in total. The highest BCUT2D eigenvalue weighted by Crippen LogP contribution is 2.23. The zero-order valence-electron chi connectivity index (χ0n) is 25.9. The lowest BCUT2D eigenvalue weighted by Gasteiger charge is -2.29. The number of carbonyl (C=O) groups is 4. The molecule has 1 aromatic heterocycles. The van der Waals surface area contributed by atoms with Gasteiger partial charge in [-0.05, 0) is 45.7 Å². The maximum Gasteiger partial charge on any atom is 0.408 e. The van der Waals surface area contributed by atoms with Crippen LogP contribution in [0.5, 0.6) is 0 Å². The van der Waals surface area contributed by atoms with Crippen molar-refractivity contribution >= 4 is 29.7 Å². The summed E-state index contributed by atoms with van der Waals surface area (Å²) in [5, 5.41) is 17.9. The molecule has 0 saturated carbocycles. The number of carboxylic acid groups (broad SMARTS) is 1. The second-order valence-corrected chi connectivity index (χ2v) is 11.7. The van der Waals surface area contributed by atoms with Gasteiger partial charge in [0.05, 0.1) is 13.2 Å². The molecule has 3 amide bonds. The molecule has 0 bridgehead atoms. The number of aryl methyl sites for hydroxylation is 1. The molecule has 2 atom stereocenters. The summed E-state index contributed by atoms with van der Waals surface area (Å²) in [6.07, 6.45) is 1.07. The van der Waals surface area contributed by atoms with Gasteiger partial charge in [-0.2, -0.15) is 0 Å². The molecule has 2 aromatic carbocycles. The van der Waals surface area contributed by atoms with Crippen LogP contribution in [0.3, 0.4) is 0 Å². The van der Waals surface area contributed by atoms with E-state index in [1.54, 1.807) is 51.1 Å². The van der Waals surface area contributed by atoms with Crippen LogP contribution >= 0.6 is 0 Å². The summed E-state index contributed by atoms with van der Waals surface area (Å²) in [6, 6.07) is 15.8. The summed E-state index contributed by atoms with van der Waals surface area (Å²) in [5.74, 6) is -1.82. The molecular weight excluding hydrogens is 566 g/mol. The number of aromatic nitrogens is 2. The maximum atomic E-state index is 13.5. The first-order valence-corrected chi connectivity index (χ1v) is 14.3. The van der Waals surface area contributed by atoms with Crippen molar-refractivity contribution in [2.75, 3.05) is 11.9 Å². The number of aliphatic carboxylic acids is 1. The van der Waals surface area contributed by atoms with Crippen molar-refractivity contribution in [1.82, 2.24) is 20.2 Å². The Morgan fingerprint density at radius 1 is 0.955 bits per heavy atom. The van der Waals surface area contributed by atoms with Crippen molar-refractivity contribution in [3.8, 4) is 0 Å². The molecule has 1 unspecified atom stereocenters. The molecule has 44 heavy (non-hydrogen) atoms. The van der Waals surface area contributed by atoms with Crippen LogP contribution in [0.15, 0.2) is 66.9 Å². The SMILES string of the molecule is CCc1nc(NC(=O)[C@@H](COCc2ccccc2)NC(=O)C(C)(C)NC(=O)OC(C)(C)C)cn1C(C(=O)O)c1ccccc1. The Morgan fingerprint density at radius 3 is 2.14 bits per heavy atom. The van der Waals surface area contributed by atoms with Gasteiger partial charge in [0, 0.05) is 12.6 Å². The fraction of sp³-hybridized carbons (Fsp3) is 0.406. The Morgan fingerprint density at radius 2 is 1.57 bits per heavy atom. The lowest BCUT2D eigenvalue weighted by Crippen LogP contribution is -2.59. The van der Waals surface area contributed by atoms with Gasteiger partial charge >= 0.3 is 12.1 Å². The quantitative estimate of drug-likeness (QED) is 0.226. The van der Waals surface area contributed by atoms with Crippen LogP contribution in [0.1, 0.15) is 64.5 Å². The Hall–Kier alpha value is -4.71. The number of anilines is 1. The summed E-state index contributed by atoms with van der Waals surface area (Å²) in [7, 11) is 0. The highest BCUT2D eigenvalue weighted by Gasteiger charge is 2.35. The van der Waals surface area contributed by atoms with E-state index in [0.29, 0.717) is 17.8 Å². The zero-order chi connectivity index (χ0) is 32.5. The monoisotopic (exact) mass is 607 g/mol. The smallest absolute Gasteiger partial charge is 0.408 e. The first kappa shape index (κ1) is 33.8. The van der Waals surface area contributed by atoms with E-state index in [-0.39, 0.29) is 19.0 Å². The molecule has 0 spiro atoms. The largest absolute Gasteiger partial charge is 0.479 e. The van der Waals surface area contributed by atoms with Gasteiger partial charge in [-0.25, -0.2) is 14.6 Å². The Bertz CT molecular complexity index is 1430. The fourth-order valence-corrected chi connectivity index (χ4v) is 4.25. The highest BCUT2D eigenvalue weighted by atomic mass is 16.6. The molecule has 3 rings (SSSR count). The number of hydrogen-bond donors (Lipinski definition) is 4. The van der Waals surface area contributed by atoms with Crippen molar-refractivity contribution in [3.63, 3.8) is 0 Å². The number of amides is 3. The second-order valence-electron chi connectivity index (χ2n) is 11.7. The van der Waals surface area contributed by atoms with E-state index in [1.165, 1.54) is 24.6 Å². The predicted molar refractivity (Wildman–Crippen MR) is 164 cm³/mol. The van der Waals surface area contributed by atoms with E-state index in [2.05, 4.69) is 20.9 Å². The van der Waals surface area contributed by atoms with Crippen LogP contribution in [0, 0.1) is 0 Å². The number of alkyl carbamates (subject to hydrolysis) is 1. The van der Waals surface area contributed by atoms with E-state index in [4.69, 9.17) is 9.47 Å². The third-order valence-corrected chi connectivity index (χ3v) is 6.40. The Balaban J connectivity index is 1.82. The van der Waals surface area contributed by atoms with Crippen molar-refractivity contribution in [2.24, 2.45) is 0 Å². The average Bonchev–Trinajstić information content (AvgIpc) is 3.33. The summed E-state index contributed by atoms with van der Waals surface area (Å²) in [6.45, 7) is 9.89. The fourth-order valence-electron chi connectivity index (χ4n) is 4.25. The molecule has 0 fully saturated rings. The first-order chi connectivity index (χ1) is 20.7. The van der Waals surface area contributed by atoms with E-state index in [9.17, 15) is 24.3 Å². The number of ether oxygens (including phenoxy) is 2. The summed E-state index contributed by atoms with van der Waals surface area (Å²) in [5.41, 5.74) is -0.798. The first-order valence-electron chi connectivity index (χ1n) is 14.3. The molecular formula is C32H41N5O7. The number of nitrogens with zero attached hydrogens (tertiary/aromatic N) is 2. The van der Waals surface area contributed by atoms with Crippen LogP contribution in [-0.2, 0) is 36.9 Å². The summed E-state index contributed by atoms with van der Waals surface area (Å²) >= 11 is 0. The predicted octanol–water partition coefficient (Wildman–Crippen LogP) is 4.06. The lowest BCUT2D eigenvalue weighted by atomic mass is 10.0. The highest BCUT2D eigenvalue weighted by molar-refractivity contribution is 5.98. The normalized spacial score (nSPS) is 13.0. The molecule has 1 heterocycles. The van der Waals surface area contributed by atoms with E-state index >= 15 is 0 Å². The number of hydrogen-bond acceptors (Lipinski definition) is 7. The number of nitrogens with one attached hydrogen (secondary N) is 3. The maximum absolute atomic E-state index is 13.5. The second kappa shape index (κ2) is 14.6. The van der Waals surface area contributed by atoms with E-state index in [0.717, 1.165) is 5.56 Å². The number of carbonyl (C=O) groups excluding carboxylic acids is 3. The summed E-state index contributed by atoms with van der Waals surface area (Å²) < 4.78 is 12.6. The van der Waals surface area contributed by atoms with Crippen molar-refractivity contribution in [2.45, 2.75) is 77.8 Å². The Labute approximate surface area is 257 Å². The topological polar surface area (TPSA) is 161 Å². The van der Waals surface area contributed by atoms with Gasteiger partial charge in [0.15, 0.2) is 11.9 Å². The minimum absolute atomic E-state index is 0.113. The summed E-state index contributed by atoms with van der Waals surface area (Å²) in [4.78, 5) is 55.9. The average molecular weight is 608 g/mol. The third kappa shape index (κ3) is 9.66. The van der Waals surface area contributed by atoms with Crippen LogP contribution < -0.4 is 16.0 Å². The van der Waals surface area contributed by atoms with Crippen molar-refractivity contribution < 1.29 is 33.8 Å². The number of rotatable bonds is 13. The van der Waals surface area contributed by atoms with Gasteiger partial charge in [-0.15, -0.1) is 0 Å². The van der Waals surface area contributed by atoms with Gasteiger partial charge < -0.3 is 35.1 Å².